The van der Waals surface area contributed by atoms with Gasteiger partial charge in [-0.3, -0.25) is 19.3 Å². The molecule has 33 heavy (non-hydrogen) atoms. The number of benzene rings is 2. The molecule has 172 valence electrons. The lowest BCUT2D eigenvalue weighted by Gasteiger charge is -2.25. The minimum absolute atomic E-state index is 0.177. The van der Waals surface area contributed by atoms with Gasteiger partial charge in [-0.05, 0) is 67.5 Å². The van der Waals surface area contributed by atoms with Gasteiger partial charge in [0.05, 0.1) is 23.1 Å². The van der Waals surface area contributed by atoms with Crippen LogP contribution in [0.25, 0.3) is 0 Å². The largest absolute Gasteiger partial charge is 0.452 e. The molecule has 2 fully saturated rings. The molecule has 0 bridgehead atoms. The van der Waals surface area contributed by atoms with Crippen LogP contribution in [0.1, 0.15) is 49.0 Å². The van der Waals surface area contributed by atoms with Crippen molar-refractivity contribution < 1.29 is 23.9 Å². The van der Waals surface area contributed by atoms with E-state index in [0.29, 0.717) is 30.1 Å². The number of ether oxygens (including phenoxy) is 1. The zero-order chi connectivity index (χ0) is 23.5. The highest BCUT2D eigenvalue weighted by Crippen LogP contribution is 2.42. The molecular weight excluding hydrogens is 420 g/mol. The van der Waals surface area contributed by atoms with Crippen LogP contribution in [0.4, 0.5) is 11.4 Å². The summed E-state index contributed by atoms with van der Waals surface area (Å²) in [5.41, 5.74) is 2.32. The quantitative estimate of drug-likeness (QED) is 0.533. The summed E-state index contributed by atoms with van der Waals surface area (Å²) in [5, 5.41) is 2.69. The van der Waals surface area contributed by atoms with E-state index in [4.69, 9.17) is 4.74 Å². The van der Waals surface area contributed by atoms with Crippen molar-refractivity contribution in [2.75, 3.05) is 16.8 Å². The van der Waals surface area contributed by atoms with E-state index in [0.717, 1.165) is 18.4 Å². The van der Waals surface area contributed by atoms with Crippen LogP contribution in [0.3, 0.4) is 0 Å². The van der Waals surface area contributed by atoms with Crippen molar-refractivity contribution >= 4 is 35.1 Å². The second-order valence-electron chi connectivity index (χ2n) is 8.87. The Balaban J connectivity index is 1.39. The van der Waals surface area contributed by atoms with Crippen molar-refractivity contribution in [1.82, 2.24) is 0 Å². The smallest absolute Gasteiger partial charge is 0.338 e. The Labute approximate surface area is 193 Å². The first-order chi connectivity index (χ1) is 15.9. The van der Waals surface area contributed by atoms with E-state index in [1.165, 1.54) is 17.0 Å². The van der Waals surface area contributed by atoms with Gasteiger partial charge in [-0.2, -0.15) is 0 Å². The molecule has 7 nitrogen and oxygen atoms in total. The average molecular weight is 449 g/mol. The van der Waals surface area contributed by atoms with Gasteiger partial charge < -0.3 is 10.1 Å². The Bertz CT molecular complexity index is 1080. The van der Waals surface area contributed by atoms with E-state index in [-0.39, 0.29) is 29.2 Å². The number of nitrogens with zero attached hydrogens (tertiary/aromatic N) is 1. The molecular formula is C26H28N2O5. The number of esters is 1. The summed E-state index contributed by atoms with van der Waals surface area (Å²) in [4.78, 5) is 51.7. The summed E-state index contributed by atoms with van der Waals surface area (Å²) in [6, 6.07) is 13.7. The number of rotatable bonds is 6. The first-order valence-electron chi connectivity index (χ1n) is 11.4. The highest BCUT2D eigenvalue weighted by Gasteiger charge is 2.50. The Hall–Kier alpha value is -3.48. The fourth-order valence-corrected chi connectivity index (χ4v) is 4.65. The molecule has 7 heteroatoms. The standard InChI is InChI=1S/C26H28N2O5/c1-3-17-8-10-19(11-9-17)27-23(29)15-33-26(32)18-5-4-6-20(14-18)28-24(30)21-12-7-16(2)13-22(21)25(28)31/h4-6,8-11,14,16,21-22H,3,7,12-13,15H2,1-2H3,(H,27,29)/t16-,21+,22+/m0/s1. The molecule has 0 radical (unpaired) electrons. The van der Waals surface area contributed by atoms with Gasteiger partial charge >= 0.3 is 5.97 Å². The van der Waals surface area contributed by atoms with Gasteiger partial charge in [0.1, 0.15) is 0 Å². The van der Waals surface area contributed by atoms with Crippen LogP contribution in [-0.4, -0.2) is 30.3 Å². The molecule has 1 aliphatic heterocycles. The molecule has 3 amide bonds. The van der Waals surface area contributed by atoms with Gasteiger partial charge in [0.15, 0.2) is 6.61 Å². The van der Waals surface area contributed by atoms with Gasteiger partial charge in [0.25, 0.3) is 5.91 Å². The first kappa shape index (κ1) is 22.7. The Morgan fingerprint density at radius 2 is 1.76 bits per heavy atom. The number of hydrogen-bond donors (Lipinski definition) is 1. The van der Waals surface area contributed by atoms with Crippen LogP contribution < -0.4 is 10.2 Å². The van der Waals surface area contributed by atoms with Gasteiger partial charge in [-0.15, -0.1) is 0 Å². The predicted octanol–water partition coefficient (Wildman–Crippen LogP) is 3.97. The van der Waals surface area contributed by atoms with E-state index >= 15 is 0 Å². The lowest BCUT2D eigenvalue weighted by Crippen LogP contribution is -2.31. The van der Waals surface area contributed by atoms with Crippen molar-refractivity contribution in [1.29, 1.82) is 0 Å². The number of carbonyl (C=O) groups excluding carboxylic acids is 4. The molecule has 2 aromatic rings. The SMILES string of the molecule is CCc1ccc(NC(=O)COC(=O)c2cccc(N3C(=O)[C@@H]4CC[C@H](C)C[C@H]4C3=O)c2)cc1. The maximum atomic E-state index is 12.9. The van der Waals surface area contributed by atoms with Crippen LogP contribution in [0.2, 0.25) is 0 Å². The molecule has 3 atom stereocenters. The van der Waals surface area contributed by atoms with E-state index in [1.54, 1.807) is 24.3 Å². The summed E-state index contributed by atoms with van der Waals surface area (Å²) in [7, 11) is 0. The minimum Gasteiger partial charge on any atom is -0.452 e. The number of fused-ring (bicyclic) bond motifs is 1. The van der Waals surface area contributed by atoms with Crippen LogP contribution in [0.5, 0.6) is 0 Å². The third-order valence-electron chi connectivity index (χ3n) is 6.51. The summed E-state index contributed by atoms with van der Waals surface area (Å²) in [6.07, 6.45) is 3.26. The zero-order valence-electron chi connectivity index (χ0n) is 18.9. The van der Waals surface area contributed by atoms with Crippen LogP contribution in [0, 0.1) is 17.8 Å². The number of amides is 3. The topological polar surface area (TPSA) is 92.8 Å². The van der Waals surface area contributed by atoms with Gasteiger partial charge in [0.2, 0.25) is 11.8 Å². The fraction of sp³-hybridized carbons (Fsp3) is 0.385. The molecule has 1 aliphatic carbocycles. The number of nitrogens with one attached hydrogen (secondary N) is 1. The van der Waals surface area contributed by atoms with E-state index < -0.39 is 18.5 Å². The molecule has 2 aliphatic rings. The monoisotopic (exact) mass is 448 g/mol. The molecule has 4 rings (SSSR count). The van der Waals surface area contributed by atoms with Crippen LogP contribution in [-0.2, 0) is 25.5 Å². The van der Waals surface area contributed by atoms with Crippen molar-refractivity contribution in [3.8, 4) is 0 Å². The number of hydrogen-bond acceptors (Lipinski definition) is 5. The van der Waals surface area contributed by atoms with Gasteiger partial charge in [-0.1, -0.05) is 32.0 Å². The Morgan fingerprint density at radius 1 is 1.03 bits per heavy atom. The van der Waals surface area contributed by atoms with E-state index in [1.807, 2.05) is 19.1 Å². The molecule has 1 saturated carbocycles. The number of imide groups is 1. The third-order valence-corrected chi connectivity index (χ3v) is 6.51. The Morgan fingerprint density at radius 3 is 2.48 bits per heavy atom. The highest BCUT2D eigenvalue weighted by atomic mass is 16.5. The van der Waals surface area contributed by atoms with Crippen molar-refractivity contribution in [3.63, 3.8) is 0 Å². The molecule has 1 N–H and O–H groups in total. The van der Waals surface area contributed by atoms with Gasteiger partial charge in [0, 0.05) is 5.69 Å². The van der Waals surface area contributed by atoms with Gasteiger partial charge in [-0.25, -0.2) is 4.79 Å². The molecule has 0 aromatic heterocycles. The molecule has 1 heterocycles. The maximum absolute atomic E-state index is 12.9. The summed E-state index contributed by atoms with van der Waals surface area (Å²) < 4.78 is 5.15. The molecule has 1 saturated heterocycles. The second-order valence-corrected chi connectivity index (χ2v) is 8.87. The predicted molar refractivity (Wildman–Crippen MR) is 124 cm³/mol. The molecule has 2 aromatic carbocycles. The van der Waals surface area contributed by atoms with Crippen molar-refractivity contribution in [2.24, 2.45) is 17.8 Å². The average Bonchev–Trinajstić information content (AvgIpc) is 3.07. The number of carbonyl (C=O) groups is 4. The number of anilines is 2. The zero-order valence-corrected chi connectivity index (χ0v) is 18.9. The molecule has 0 unspecified atom stereocenters. The van der Waals surface area contributed by atoms with E-state index in [2.05, 4.69) is 12.2 Å². The maximum Gasteiger partial charge on any atom is 0.338 e. The minimum atomic E-state index is -0.696. The first-order valence-corrected chi connectivity index (χ1v) is 11.4. The van der Waals surface area contributed by atoms with Crippen LogP contribution in [0.15, 0.2) is 48.5 Å². The Kier molecular flexibility index (Phi) is 6.58. The summed E-state index contributed by atoms with van der Waals surface area (Å²) >= 11 is 0. The third kappa shape index (κ3) is 4.82. The second kappa shape index (κ2) is 9.57. The summed E-state index contributed by atoms with van der Waals surface area (Å²) in [6.45, 7) is 3.71. The van der Waals surface area contributed by atoms with Crippen LogP contribution >= 0.6 is 0 Å². The lowest BCUT2D eigenvalue weighted by molar-refractivity contribution is -0.122. The van der Waals surface area contributed by atoms with Crippen molar-refractivity contribution in [3.05, 3.63) is 59.7 Å². The summed E-state index contributed by atoms with van der Waals surface area (Å²) in [5.74, 6) is -1.69. The van der Waals surface area contributed by atoms with E-state index in [9.17, 15) is 19.2 Å². The highest BCUT2D eigenvalue weighted by molar-refractivity contribution is 6.22. The number of aryl methyl sites for hydroxylation is 1. The van der Waals surface area contributed by atoms with Crippen molar-refractivity contribution in [2.45, 2.75) is 39.5 Å². The fourth-order valence-electron chi connectivity index (χ4n) is 4.65. The normalized spacial score (nSPS) is 22.1. The lowest BCUT2D eigenvalue weighted by atomic mass is 9.76. The molecule has 0 spiro atoms.